The summed E-state index contributed by atoms with van der Waals surface area (Å²) in [6.07, 6.45) is 1.28. The van der Waals surface area contributed by atoms with E-state index in [1.165, 1.54) is 5.56 Å². The Morgan fingerprint density at radius 1 is 1.15 bits per heavy atom. The van der Waals surface area contributed by atoms with Gasteiger partial charge >= 0.3 is 0 Å². The van der Waals surface area contributed by atoms with Crippen LogP contribution in [0.5, 0.6) is 0 Å². The molecule has 1 unspecified atom stereocenters. The van der Waals surface area contributed by atoms with Gasteiger partial charge in [-0.3, -0.25) is 4.79 Å². The van der Waals surface area contributed by atoms with Crippen LogP contribution in [0.25, 0.3) is 11.4 Å². The summed E-state index contributed by atoms with van der Waals surface area (Å²) in [7, 11) is 0. The zero-order chi connectivity index (χ0) is 17.9. The predicted molar refractivity (Wildman–Crippen MR) is 102 cm³/mol. The van der Waals surface area contributed by atoms with Gasteiger partial charge < -0.3 is 9.42 Å². The third kappa shape index (κ3) is 3.70. The predicted octanol–water partition coefficient (Wildman–Crippen LogP) is 4.06. The van der Waals surface area contributed by atoms with Crippen LogP contribution in [0.15, 0.2) is 63.6 Å². The molecule has 0 radical (unpaired) electrons. The fourth-order valence-electron chi connectivity index (χ4n) is 3.21. The van der Waals surface area contributed by atoms with Gasteiger partial charge in [0, 0.05) is 29.5 Å². The van der Waals surface area contributed by atoms with Gasteiger partial charge in [0.15, 0.2) is 0 Å². The largest absolute Gasteiger partial charge is 0.342 e. The number of hydrogen-bond acceptors (Lipinski definition) is 4. The van der Waals surface area contributed by atoms with Crippen molar-refractivity contribution in [1.82, 2.24) is 15.0 Å². The lowest BCUT2D eigenvalue weighted by atomic mass is 10.1. The summed E-state index contributed by atoms with van der Waals surface area (Å²) in [6.45, 7) is 1.34. The average Bonchev–Trinajstić information content (AvgIpc) is 3.28. The maximum atomic E-state index is 12.3. The molecule has 2 heterocycles. The number of aromatic nitrogens is 2. The van der Waals surface area contributed by atoms with Gasteiger partial charge in [-0.15, -0.1) is 0 Å². The molecule has 132 valence electrons. The van der Waals surface area contributed by atoms with E-state index < -0.39 is 0 Å². The SMILES string of the molecule is O=C1CC(c2nc(-c3cccc(Br)c3)no2)CN1CCc1ccccc1. The van der Waals surface area contributed by atoms with Crippen LogP contribution in [-0.2, 0) is 11.2 Å². The van der Waals surface area contributed by atoms with Gasteiger partial charge in [0.25, 0.3) is 0 Å². The van der Waals surface area contributed by atoms with E-state index in [0.717, 1.165) is 16.5 Å². The van der Waals surface area contributed by atoms with Crippen molar-refractivity contribution in [2.45, 2.75) is 18.8 Å². The lowest BCUT2D eigenvalue weighted by Gasteiger charge is -2.15. The summed E-state index contributed by atoms with van der Waals surface area (Å²) in [4.78, 5) is 18.7. The van der Waals surface area contributed by atoms with E-state index in [1.807, 2.05) is 47.4 Å². The van der Waals surface area contributed by atoms with E-state index >= 15 is 0 Å². The van der Waals surface area contributed by atoms with Crippen molar-refractivity contribution >= 4 is 21.8 Å². The molecule has 2 aromatic carbocycles. The molecule has 1 atom stereocenters. The quantitative estimate of drug-likeness (QED) is 0.634. The Kier molecular flexibility index (Phi) is 4.84. The zero-order valence-electron chi connectivity index (χ0n) is 14.1. The third-order valence-electron chi connectivity index (χ3n) is 4.60. The van der Waals surface area contributed by atoms with Gasteiger partial charge in [-0.2, -0.15) is 4.98 Å². The minimum absolute atomic E-state index is 0.0355. The van der Waals surface area contributed by atoms with Crippen molar-refractivity contribution in [3.05, 3.63) is 70.5 Å². The van der Waals surface area contributed by atoms with Crippen LogP contribution in [0.2, 0.25) is 0 Å². The van der Waals surface area contributed by atoms with E-state index in [0.29, 0.717) is 31.2 Å². The molecule has 1 amide bonds. The summed E-state index contributed by atoms with van der Waals surface area (Å²) < 4.78 is 6.41. The van der Waals surface area contributed by atoms with Gasteiger partial charge in [-0.05, 0) is 24.1 Å². The highest BCUT2D eigenvalue weighted by Crippen LogP contribution is 2.29. The molecule has 26 heavy (non-hydrogen) atoms. The molecule has 0 N–H and O–H groups in total. The molecular formula is C20H18BrN3O2. The Morgan fingerprint density at radius 3 is 2.81 bits per heavy atom. The smallest absolute Gasteiger partial charge is 0.232 e. The minimum Gasteiger partial charge on any atom is -0.342 e. The second-order valence-electron chi connectivity index (χ2n) is 6.44. The van der Waals surface area contributed by atoms with Crippen LogP contribution in [0.1, 0.15) is 23.8 Å². The van der Waals surface area contributed by atoms with E-state index in [1.54, 1.807) is 0 Å². The number of carbonyl (C=O) groups excluding carboxylic acids is 1. The summed E-state index contributed by atoms with van der Waals surface area (Å²) in [5, 5.41) is 4.08. The monoisotopic (exact) mass is 411 g/mol. The number of hydrogen-bond donors (Lipinski definition) is 0. The highest BCUT2D eigenvalue weighted by molar-refractivity contribution is 9.10. The van der Waals surface area contributed by atoms with Gasteiger partial charge in [-0.25, -0.2) is 0 Å². The van der Waals surface area contributed by atoms with Crippen molar-refractivity contribution in [2.75, 3.05) is 13.1 Å². The molecular weight excluding hydrogens is 394 g/mol. The maximum absolute atomic E-state index is 12.3. The van der Waals surface area contributed by atoms with E-state index in [9.17, 15) is 4.79 Å². The van der Waals surface area contributed by atoms with Crippen LogP contribution >= 0.6 is 15.9 Å². The highest BCUT2D eigenvalue weighted by Gasteiger charge is 2.34. The summed E-state index contributed by atoms with van der Waals surface area (Å²) in [5.41, 5.74) is 2.12. The van der Waals surface area contributed by atoms with Crippen LogP contribution in [0.3, 0.4) is 0 Å². The molecule has 1 saturated heterocycles. The van der Waals surface area contributed by atoms with Gasteiger partial charge in [0.2, 0.25) is 17.6 Å². The number of nitrogens with zero attached hydrogens (tertiary/aromatic N) is 3. The third-order valence-corrected chi connectivity index (χ3v) is 5.09. The molecule has 3 aromatic rings. The van der Waals surface area contributed by atoms with Crippen molar-refractivity contribution in [3.63, 3.8) is 0 Å². The van der Waals surface area contributed by atoms with Crippen molar-refractivity contribution in [2.24, 2.45) is 0 Å². The van der Waals surface area contributed by atoms with Crippen molar-refractivity contribution in [3.8, 4) is 11.4 Å². The molecule has 1 aromatic heterocycles. The number of carbonyl (C=O) groups is 1. The Hall–Kier alpha value is -2.47. The second kappa shape index (κ2) is 7.41. The molecule has 5 nitrogen and oxygen atoms in total. The normalized spacial score (nSPS) is 17.0. The Bertz CT molecular complexity index is 910. The summed E-state index contributed by atoms with van der Waals surface area (Å²) in [6, 6.07) is 18.0. The van der Waals surface area contributed by atoms with E-state index in [2.05, 4.69) is 38.2 Å². The molecule has 1 aliphatic heterocycles. The molecule has 0 saturated carbocycles. The van der Waals surface area contributed by atoms with Gasteiger partial charge in [0.05, 0.1) is 5.92 Å². The maximum Gasteiger partial charge on any atom is 0.232 e. The summed E-state index contributed by atoms with van der Waals surface area (Å²) in [5.74, 6) is 1.20. The number of amides is 1. The lowest BCUT2D eigenvalue weighted by molar-refractivity contribution is -0.127. The van der Waals surface area contributed by atoms with Gasteiger partial charge in [-0.1, -0.05) is 63.6 Å². The first-order valence-electron chi connectivity index (χ1n) is 8.60. The second-order valence-corrected chi connectivity index (χ2v) is 7.36. The molecule has 0 spiro atoms. The fraction of sp³-hybridized carbons (Fsp3) is 0.250. The first-order valence-corrected chi connectivity index (χ1v) is 9.39. The first-order chi connectivity index (χ1) is 12.7. The molecule has 4 rings (SSSR count). The zero-order valence-corrected chi connectivity index (χ0v) is 15.7. The molecule has 0 bridgehead atoms. The van der Waals surface area contributed by atoms with Crippen LogP contribution in [0.4, 0.5) is 0 Å². The lowest BCUT2D eigenvalue weighted by Crippen LogP contribution is -2.27. The number of halogens is 1. The number of benzene rings is 2. The number of rotatable bonds is 5. The average molecular weight is 412 g/mol. The van der Waals surface area contributed by atoms with Crippen LogP contribution < -0.4 is 0 Å². The van der Waals surface area contributed by atoms with Crippen LogP contribution in [-0.4, -0.2) is 34.0 Å². The minimum atomic E-state index is -0.0355. The van der Waals surface area contributed by atoms with Crippen molar-refractivity contribution < 1.29 is 9.32 Å². The van der Waals surface area contributed by atoms with Crippen molar-refractivity contribution in [1.29, 1.82) is 0 Å². The standard InChI is InChI=1S/C20H18BrN3O2/c21-17-8-4-7-15(11-17)19-22-20(26-23-19)16-12-18(25)24(13-16)10-9-14-5-2-1-3-6-14/h1-8,11,16H,9-10,12-13H2. The molecule has 0 aliphatic carbocycles. The molecule has 1 fully saturated rings. The molecule has 1 aliphatic rings. The topological polar surface area (TPSA) is 59.2 Å². The summed E-state index contributed by atoms with van der Waals surface area (Å²) >= 11 is 3.45. The first kappa shape index (κ1) is 17.0. The number of likely N-dealkylation sites (tertiary alicyclic amines) is 1. The fourth-order valence-corrected chi connectivity index (χ4v) is 3.61. The Balaban J connectivity index is 1.42. The Morgan fingerprint density at radius 2 is 2.00 bits per heavy atom. The Labute approximate surface area is 160 Å². The van der Waals surface area contributed by atoms with Gasteiger partial charge in [0.1, 0.15) is 0 Å². The molecule has 6 heteroatoms. The highest BCUT2D eigenvalue weighted by atomic mass is 79.9. The van der Waals surface area contributed by atoms with E-state index in [-0.39, 0.29) is 11.8 Å². The van der Waals surface area contributed by atoms with E-state index in [4.69, 9.17) is 4.52 Å². The van der Waals surface area contributed by atoms with Crippen LogP contribution in [0, 0.1) is 0 Å².